The van der Waals surface area contributed by atoms with Crippen molar-refractivity contribution < 1.29 is 18.9 Å². The largest absolute Gasteiger partial charge is 1.00 e. The Labute approximate surface area is 81.6 Å². The van der Waals surface area contributed by atoms with Crippen LogP contribution in [0.5, 0.6) is 0 Å². The number of rotatable bonds is 1. The average molecular weight is 156 g/mol. The summed E-state index contributed by atoms with van der Waals surface area (Å²) in [5, 5.41) is 1.68. The Morgan fingerprint density at radius 1 is 1.18 bits per heavy atom. The van der Waals surface area contributed by atoms with Crippen LogP contribution < -0.4 is 24.0 Å². The Kier molecular flexibility index (Phi) is 2.75. The molecule has 1 saturated heterocycles. The molecule has 0 bridgehead atoms. The van der Waals surface area contributed by atoms with Gasteiger partial charge in [-0.25, -0.2) is 12.1 Å². The van der Waals surface area contributed by atoms with Crippen molar-refractivity contribution in [1.29, 1.82) is 0 Å². The fourth-order valence-electron chi connectivity index (χ4n) is 1.77. The van der Waals surface area contributed by atoms with Crippen LogP contribution in [0.25, 0.3) is 0 Å². The second-order valence-corrected chi connectivity index (χ2v) is 8.29. The van der Waals surface area contributed by atoms with Crippen molar-refractivity contribution in [3.8, 4) is 0 Å². The molecule has 11 heavy (non-hydrogen) atoms. The maximum absolute atomic E-state index is 2.51. The van der Waals surface area contributed by atoms with Gasteiger partial charge in [-0.1, -0.05) is 25.1 Å². The molecule has 0 unspecified atom stereocenters. The van der Waals surface area contributed by atoms with Crippen molar-refractivity contribution in [2.75, 3.05) is 0 Å². The summed E-state index contributed by atoms with van der Waals surface area (Å²) < 4.78 is 0. The molecule has 0 nitrogen and oxygen atoms in total. The summed E-state index contributed by atoms with van der Waals surface area (Å²) in [5.74, 6) is 0. The van der Waals surface area contributed by atoms with Crippen LogP contribution in [0.4, 0.5) is 0 Å². The average Bonchev–Trinajstić information content (AvgIpc) is 2.33. The Hall–Kier alpha value is 0.164. The van der Waals surface area contributed by atoms with Crippen molar-refractivity contribution in [3.05, 3.63) is 24.3 Å². The van der Waals surface area contributed by atoms with Gasteiger partial charge in [0.25, 0.3) is 0 Å². The van der Waals surface area contributed by atoms with E-state index < -0.39 is 8.07 Å². The van der Waals surface area contributed by atoms with E-state index in [1.165, 1.54) is 18.5 Å². The predicted octanol–water partition coefficient (Wildman–Crippen LogP) is -0.901. The van der Waals surface area contributed by atoms with Crippen molar-refractivity contribution >= 4 is 13.3 Å². The minimum absolute atomic E-state index is 0. The molecule has 0 saturated carbocycles. The molecule has 2 heteroatoms. The zero-order chi connectivity index (χ0) is 7.03. The van der Waals surface area contributed by atoms with Crippen LogP contribution >= 0.6 is 0 Å². The minimum Gasteiger partial charge on any atom is -0.214 e. The summed E-state index contributed by atoms with van der Waals surface area (Å²) in [6.07, 6.45) is 1.48. The van der Waals surface area contributed by atoms with E-state index in [-0.39, 0.29) is 18.9 Å². The van der Waals surface area contributed by atoms with Crippen molar-refractivity contribution in [2.24, 2.45) is 0 Å². The SMILES string of the molecule is C[Si]1([c-]2cccc2)CCC1.[Li+]. The zero-order valence-corrected chi connectivity index (χ0v) is 8.43. The van der Waals surface area contributed by atoms with Crippen LogP contribution in [-0.2, 0) is 0 Å². The fourth-order valence-corrected chi connectivity index (χ4v) is 4.76. The molecule has 0 atom stereocenters. The number of hydrogen-bond donors (Lipinski definition) is 0. The standard InChI is InChI=1S/C9H13Si.Li/c1-10(7-4-8-10)9-5-2-3-6-9;/h2-3,5-6H,4,7-8H2,1H3;/q-1;+1. The van der Waals surface area contributed by atoms with Crippen LogP contribution in [0.2, 0.25) is 18.6 Å². The third kappa shape index (κ3) is 1.51. The van der Waals surface area contributed by atoms with E-state index in [1.54, 1.807) is 5.19 Å². The van der Waals surface area contributed by atoms with Crippen molar-refractivity contribution in [1.82, 2.24) is 0 Å². The molecule has 0 aromatic heterocycles. The molecular formula is C9H13LiSi. The van der Waals surface area contributed by atoms with Gasteiger partial charge >= 0.3 is 18.9 Å². The Morgan fingerprint density at radius 3 is 2.09 bits per heavy atom. The molecule has 1 aromatic carbocycles. The van der Waals surface area contributed by atoms with Gasteiger partial charge in [0.2, 0.25) is 0 Å². The van der Waals surface area contributed by atoms with E-state index in [0.717, 1.165) is 0 Å². The van der Waals surface area contributed by atoms with Gasteiger partial charge in [-0.05, 0) is 0 Å². The van der Waals surface area contributed by atoms with Crippen molar-refractivity contribution in [2.45, 2.75) is 25.1 Å². The monoisotopic (exact) mass is 156 g/mol. The molecule has 1 aromatic rings. The van der Waals surface area contributed by atoms with E-state index in [9.17, 15) is 0 Å². The number of hydrogen-bond acceptors (Lipinski definition) is 0. The molecule has 54 valence electrons. The Bertz CT molecular complexity index is 211. The summed E-state index contributed by atoms with van der Waals surface area (Å²) in [6, 6.07) is 12.0. The summed E-state index contributed by atoms with van der Waals surface area (Å²) in [4.78, 5) is 0. The van der Waals surface area contributed by atoms with E-state index in [2.05, 4.69) is 30.8 Å². The Morgan fingerprint density at radius 2 is 1.73 bits per heavy atom. The van der Waals surface area contributed by atoms with Crippen LogP contribution in [0.15, 0.2) is 24.3 Å². The smallest absolute Gasteiger partial charge is 0.214 e. The van der Waals surface area contributed by atoms with Crippen LogP contribution in [0.3, 0.4) is 0 Å². The maximum atomic E-state index is 2.51. The first-order chi connectivity index (χ1) is 4.81. The van der Waals surface area contributed by atoms with Gasteiger partial charge in [-0.3, -0.25) is 0 Å². The molecule has 2 rings (SSSR count). The molecule has 1 aliphatic rings. The molecule has 0 radical (unpaired) electrons. The van der Waals surface area contributed by atoms with Gasteiger partial charge in [-0.15, -0.1) is 0 Å². The zero-order valence-electron chi connectivity index (χ0n) is 7.43. The second kappa shape index (κ2) is 3.27. The van der Waals surface area contributed by atoms with E-state index in [0.29, 0.717) is 0 Å². The summed E-state index contributed by atoms with van der Waals surface area (Å²) in [6.45, 7) is 2.51. The van der Waals surface area contributed by atoms with Crippen molar-refractivity contribution in [3.63, 3.8) is 0 Å². The molecule has 1 fully saturated rings. The van der Waals surface area contributed by atoms with E-state index >= 15 is 0 Å². The first-order valence-electron chi connectivity index (χ1n) is 4.03. The van der Waals surface area contributed by atoms with E-state index in [4.69, 9.17) is 0 Å². The molecular weight excluding hydrogens is 143 g/mol. The molecule has 1 aliphatic heterocycles. The minimum atomic E-state index is -0.821. The van der Waals surface area contributed by atoms with Gasteiger partial charge in [0, 0.05) is 8.07 Å². The summed E-state index contributed by atoms with van der Waals surface area (Å²) in [7, 11) is -0.821. The van der Waals surface area contributed by atoms with Gasteiger partial charge in [-0.2, -0.15) is 17.3 Å². The van der Waals surface area contributed by atoms with Gasteiger partial charge in [0.15, 0.2) is 0 Å². The second-order valence-electron chi connectivity index (χ2n) is 3.59. The fraction of sp³-hybridized carbons (Fsp3) is 0.444. The van der Waals surface area contributed by atoms with Gasteiger partial charge < -0.3 is 0 Å². The predicted molar refractivity (Wildman–Crippen MR) is 47.5 cm³/mol. The first-order valence-corrected chi connectivity index (χ1v) is 6.95. The molecule has 0 spiro atoms. The molecule has 1 heterocycles. The van der Waals surface area contributed by atoms with Gasteiger partial charge in [0.1, 0.15) is 0 Å². The van der Waals surface area contributed by atoms with Crippen LogP contribution in [0, 0.1) is 0 Å². The third-order valence-corrected chi connectivity index (χ3v) is 7.46. The quantitative estimate of drug-likeness (QED) is 0.365. The first kappa shape index (κ1) is 9.25. The topological polar surface area (TPSA) is 0 Å². The Balaban J connectivity index is 0.000000605. The summed E-state index contributed by atoms with van der Waals surface area (Å²) >= 11 is 0. The van der Waals surface area contributed by atoms with Gasteiger partial charge in [0.05, 0.1) is 0 Å². The third-order valence-electron chi connectivity index (χ3n) is 2.82. The summed E-state index contributed by atoms with van der Waals surface area (Å²) in [5.41, 5.74) is 0. The molecule has 0 amide bonds. The van der Waals surface area contributed by atoms with Crippen LogP contribution in [-0.4, -0.2) is 8.07 Å². The van der Waals surface area contributed by atoms with E-state index in [1.807, 2.05) is 0 Å². The normalized spacial score (nSPS) is 20.1. The molecule has 0 aliphatic carbocycles. The van der Waals surface area contributed by atoms with Crippen LogP contribution in [0.1, 0.15) is 6.42 Å². The maximum Gasteiger partial charge on any atom is 1.00 e. The molecule has 0 N–H and O–H groups in total.